The first-order valence-corrected chi connectivity index (χ1v) is 15.8. The number of hydrogen-bond donors (Lipinski definition) is 1. The van der Waals surface area contributed by atoms with E-state index in [1.165, 1.54) is 4.31 Å². The Hall–Kier alpha value is -3.36. The second-order valence-electron chi connectivity index (χ2n) is 9.74. The number of carbonyl (C=O) groups excluding carboxylic acids is 2. The summed E-state index contributed by atoms with van der Waals surface area (Å²) in [5.74, 6) is -0.465. The standard InChI is InChI=1S/C31H38ClN3O4S/c1-3-4-21-33-31(37)29(23-25-14-7-5-8-15-25)34(24-26-16-11-12-19-28(26)32)30(36)20-13-22-35(40(2,38)39)27-17-9-6-10-18-27/h5-12,14-19,29H,3-4,13,20-24H2,1-2H3,(H,33,37)/t29-/m1/s1. The van der Waals surface area contributed by atoms with Gasteiger partial charge in [-0.15, -0.1) is 0 Å². The van der Waals surface area contributed by atoms with Crippen LogP contribution in [0.25, 0.3) is 0 Å². The number of amides is 2. The molecule has 0 saturated heterocycles. The van der Waals surface area contributed by atoms with Crippen molar-refractivity contribution in [1.29, 1.82) is 0 Å². The summed E-state index contributed by atoms with van der Waals surface area (Å²) in [6, 6.07) is 24.9. The molecule has 0 aliphatic heterocycles. The molecule has 3 aromatic carbocycles. The van der Waals surface area contributed by atoms with E-state index in [0.29, 0.717) is 23.7 Å². The van der Waals surface area contributed by atoms with Crippen molar-refractivity contribution in [1.82, 2.24) is 10.2 Å². The number of rotatable bonds is 15. The SMILES string of the molecule is CCCCNC(=O)[C@@H](Cc1ccccc1)N(Cc1ccccc1Cl)C(=O)CCCN(c1ccccc1)S(C)(=O)=O. The molecule has 2 amide bonds. The molecular weight excluding hydrogens is 546 g/mol. The third-order valence-electron chi connectivity index (χ3n) is 6.60. The molecule has 0 unspecified atom stereocenters. The first-order chi connectivity index (χ1) is 19.2. The minimum atomic E-state index is -3.55. The van der Waals surface area contributed by atoms with Gasteiger partial charge in [-0.1, -0.05) is 91.7 Å². The number of hydrogen-bond acceptors (Lipinski definition) is 4. The Morgan fingerprint density at radius 1 is 0.900 bits per heavy atom. The molecule has 1 N–H and O–H groups in total. The van der Waals surface area contributed by atoms with Gasteiger partial charge in [-0.2, -0.15) is 0 Å². The average Bonchev–Trinajstić information content (AvgIpc) is 2.94. The Morgan fingerprint density at radius 2 is 1.52 bits per heavy atom. The van der Waals surface area contributed by atoms with E-state index in [4.69, 9.17) is 11.6 Å². The molecule has 0 aliphatic carbocycles. The van der Waals surface area contributed by atoms with Crippen LogP contribution in [0.2, 0.25) is 5.02 Å². The summed E-state index contributed by atoms with van der Waals surface area (Å²) < 4.78 is 26.3. The van der Waals surface area contributed by atoms with Gasteiger partial charge in [0.15, 0.2) is 0 Å². The number of benzene rings is 3. The fraction of sp³-hybridized carbons (Fsp3) is 0.355. The van der Waals surface area contributed by atoms with Crippen LogP contribution in [-0.2, 0) is 32.6 Å². The number of nitrogens with one attached hydrogen (secondary N) is 1. The summed E-state index contributed by atoms with van der Waals surface area (Å²) in [4.78, 5) is 28.9. The van der Waals surface area contributed by atoms with E-state index in [-0.39, 0.29) is 37.7 Å². The Kier molecular flexibility index (Phi) is 12.0. The zero-order valence-electron chi connectivity index (χ0n) is 23.1. The van der Waals surface area contributed by atoms with Gasteiger partial charge in [0.2, 0.25) is 21.8 Å². The number of anilines is 1. The molecule has 0 aromatic heterocycles. The molecule has 0 heterocycles. The number of sulfonamides is 1. The van der Waals surface area contributed by atoms with E-state index in [2.05, 4.69) is 12.2 Å². The molecule has 0 bridgehead atoms. The fourth-order valence-electron chi connectivity index (χ4n) is 4.47. The molecule has 1 atom stereocenters. The van der Waals surface area contributed by atoms with Gasteiger partial charge >= 0.3 is 0 Å². The van der Waals surface area contributed by atoms with Crippen molar-refractivity contribution >= 4 is 39.1 Å². The van der Waals surface area contributed by atoms with Crippen LogP contribution in [-0.4, -0.2) is 50.5 Å². The van der Waals surface area contributed by atoms with E-state index in [0.717, 1.165) is 30.2 Å². The maximum absolute atomic E-state index is 13.8. The first-order valence-electron chi connectivity index (χ1n) is 13.6. The minimum absolute atomic E-state index is 0.0663. The molecular formula is C31H38ClN3O4S. The van der Waals surface area contributed by atoms with Crippen molar-refractivity contribution in [2.45, 2.75) is 51.6 Å². The maximum Gasteiger partial charge on any atom is 0.243 e. The van der Waals surface area contributed by atoms with Gasteiger partial charge in [0.05, 0.1) is 11.9 Å². The van der Waals surface area contributed by atoms with Crippen molar-refractivity contribution < 1.29 is 18.0 Å². The molecule has 0 fully saturated rings. The molecule has 7 nitrogen and oxygen atoms in total. The summed E-state index contributed by atoms with van der Waals surface area (Å²) in [6.45, 7) is 2.87. The van der Waals surface area contributed by atoms with Crippen LogP contribution >= 0.6 is 11.6 Å². The maximum atomic E-state index is 13.8. The zero-order chi connectivity index (χ0) is 29.0. The minimum Gasteiger partial charge on any atom is -0.354 e. The van der Waals surface area contributed by atoms with Crippen molar-refractivity contribution in [3.8, 4) is 0 Å². The normalized spacial score (nSPS) is 12.0. The first kappa shape index (κ1) is 31.2. The quantitative estimate of drug-likeness (QED) is 0.241. The molecule has 0 saturated carbocycles. The van der Waals surface area contributed by atoms with E-state index in [1.54, 1.807) is 35.2 Å². The molecule has 214 valence electrons. The predicted octanol–water partition coefficient (Wildman–Crippen LogP) is 5.44. The number of unbranched alkanes of at least 4 members (excludes halogenated alkanes) is 1. The highest BCUT2D eigenvalue weighted by Gasteiger charge is 2.30. The van der Waals surface area contributed by atoms with Crippen LogP contribution in [0.1, 0.15) is 43.7 Å². The van der Waals surface area contributed by atoms with Gasteiger partial charge in [-0.05, 0) is 42.2 Å². The lowest BCUT2D eigenvalue weighted by atomic mass is 10.0. The van der Waals surface area contributed by atoms with Crippen molar-refractivity contribution in [2.75, 3.05) is 23.7 Å². The van der Waals surface area contributed by atoms with Crippen molar-refractivity contribution in [3.63, 3.8) is 0 Å². The smallest absolute Gasteiger partial charge is 0.243 e. The molecule has 0 spiro atoms. The molecule has 40 heavy (non-hydrogen) atoms. The Morgan fingerprint density at radius 3 is 2.15 bits per heavy atom. The third kappa shape index (κ3) is 9.38. The monoisotopic (exact) mass is 583 g/mol. The third-order valence-corrected chi connectivity index (χ3v) is 8.16. The lowest BCUT2D eigenvalue weighted by Gasteiger charge is -2.32. The van der Waals surface area contributed by atoms with Crippen LogP contribution in [0.15, 0.2) is 84.9 Å². The molecule has 0 aliphatic rings. The van der Waals surface area contributed by atoms with E-state index in [1.807, 2.05) is 54.6 Å². The number of carbonyl (C=O) groups is 2. The number of nitrogens with zero attached hydrogens (tertiary/aromatic N) is 2. The summed E-state index contributed by atoms with van der Waals surface area (Å²) in [5, 5.41) is 3.51. The highest BCUT2D eigenvalue weighted by Crippen LogP contribution is 2.22. The second kappa shape index (κ2) is 15.4. The van der Waals surface area contributed by atoms with E-state index >= 15 is 0 Å². The van der Waals surface area contributed by atoms with Crippen LogP contribution in [0.4, 0.5) is 5.69 Å². The number of halogens is 1. The molecule has 3 rings (SSSR count). The van der Waals surface area contributed by atoms with Crippen LogP contribution < -0.4 is 9.62 Å². The largest absolute Gasteiger partial charge is 0.354 e. The summed E-state index contributed by atoms with van der Waals surface area (Å²) in [7, 11) is -3.55. The zero-order valence-corrected chi connectivity index (χ0v) is 24.7. The lowest BCUT2D eigenvalue weighted by Crippen LogP contribution is -2.50. The molecule has 3 aromatic rings. The molecule has 9 heteroatoms. The average molecular weight is 584 g/mol. The summed E-state index contributed by atoms with van der Waals surface area (Å²) >= 11 is 6.47. The van der Waals surface area contributed by atoms with Gasteiger partial charge < -0.3 is 10.2 Å². The Balaban J connectivity index is 1.87. The summed E-state index contributed by atoms with van der Waals surface area (Å²) in [5.41, 5.74) is 2.21. The van der Waals surface area contributed by atoms with Crippen LogP contribution in [0, 0.1) is 0 Å². The van der Waals surface area contributed by atoms with Gasteiger partial charge in [0, 0.05) is 37.5 Å². The lowest BCUT2D eigenvalue weighted by molar-refractivity contribution is -0.141. The van der Waals surface area contributed by atoms with Crippen molar-refractivity contribution in [3.05, 3.63) is 101 Å². The van der Waals surface area contributed by atoms with Gasteiger partial charge in [-0.25, -0.2) is 8.42 Å². The van der Waals surface area contributed by atoms with Gasteiger partial charge in [0.1, 0.15) is 6.04 Å². The molecule has 0 radical (unpaired) electrons. The Labute approximate surface area is 243 Å². The second-order valence-corrected chi connectivity index (χ2v) is 12.1. The summed E-state index contributed by atoms with van der Waals surface area (Å²) in [6.07, 6.45) is 3.62. The van der Waals surface area contributed by atoms with E-state index < -0.39 is 16.1 Å². The van der Waals surface area contributed by atoms with Crippen LogP contribution in [0.3, 0.4) is 0 Å². The number of para-hydroxylation sites is 1. The Bertz CT molecular complexity index is 1340. The highest BCUT2D eigenvalue weighted by molar-refractivity contribution is 7.92. The van der Waals surface area contributed by atoms with Gasteiger partial charge in [-0.3, -0.25) is 13.9 Å². The van der Waals surface area contributed by atoms with Gasteiger partial charge in [0.25, 0.3) is 0 Å². The highest BCUT2D eigenvalue weighted by atomic mass is 35.5. The predicted molar refractivity (Wildman–Crippen MR) is 162 cm³/mol. The van der Waals surface area contributed by atoms with E-state index in [9.17, 15) is 18.0 Å². The fourth-order valence-corrected chi connectivity index (χ4v) is 5.63. The van der Waals surface area contributed by atoms with Crippen molar-refractivity contribution in [2.24, 2.45) is 0 Å². The van der Waals surface area contributed by atoms with Crippen LogP contribution in [0.5, 0.6) is 0 Å². The topological polar surface area (TPSA) is 86.8 Å².